The number of para-hydroxylation sites is 1. The van der Waals surface area contributed by atoms with Crippen LogP contribution in [-0.2, 0) is 4.79 Å². The average molecular weight is 349 g/mol. The Bertz CT molecular complexity index is 879. The zero-order chi connectivity index (χ0) is 18.1. The van der Waals surface area contributed by atoms with Crippen molar-refractivity contribution in [1.82, 2.24) is 10.3 Å². The van der Waals surface area contributed by atoms with E-state index in [2.05, 4.69) is 11.5 Å². The molecule has 0 radical (unpaired) electrons. The first kappa shape index (κ1) is 16.4. The number of hydrogen-bond donors (Lipinski definition) is 2. The lowest BCUT2D eigenvalue weighted by Gasteiger charge is -2.42. The van der Waals surface area contributed by atoms with Crippen LogP contribution in [0.3, 0.4) is 0 Å². The van der Waals surface area contributed by atoms with Gasteiger partial charge in [0.25, 0.3) is 5.91 Å². The fraction of sp³-hybridized carbons (Fsp3) is 0.200. The van der Waals surface area contributed by atoms with Crippen LogP contribution in [0, 0.1) is 0 Å². The Morgan fingerprint density at radius 2 is 1.88 bits per heavy atom. The molecular formula is C20H19N3O3. The molecule has 1 amide bonds. The molecule has 1 fully saturated rings. The second-order valence-electron chi connectivity index (χ2n) is 6.37. The normalized spacial score (nSPS) is 20.2. The van der Waals surface area contributed by atoms with E-state index >= 15 is 0 Å². The van der Waals surface area contributed by atoms with Crippen molar-refractivity contribution in [3.8, 4) is 0 Å². The Labute approximate surface area is 151 Å². The van der Waals surface area contributed by atoms with Crippen LogP contribution >= 0.6 is 0 Å². The monoisotopic (exact) mass is 349 g/mol. The lowest BCUT2D eigenvalue weighted by Crippen LogP contribution is -2.58. The number of hydrazine groups is 1. The Hall–Kier alpha value is -3.12. The highest BCUT2D eigenvalue weighted by Crippen LogP contribution is 2.37. The molecule has 2 aliphatic rings. The van der Waals surface area contributed by atoms with Gasteiger partial charge in [-0.3, -0.25) is 14.6 Å². The number of carbonyl (C=O) groups excluding carboxylic acids is 1. The molecule has 4 rings (SSSR count). The van der Waals surface area contributed by atoms with E-state index < -0.39 is 5.97 Å². The van der Waals surface area contributed by atoms with Gasteiger partial charge < -0.3 is 10.0 Å². The number of benzene rings is 2. The van der Waals surface area contributed by atoms with Gasteiger partial charge in [-0.1, -0.05) is 48.5 Å². The fourth-order valence-electron chi connectivity index (χ4n) is 3.60. The SMILES string of the molecule is O=C(O)CNN1c2ccccc2C(=O)N2CCC(=Cc3ccccc3)C21. The number of nitrogens with one attached hydrogen (secondary N) is 1. The molecule has 2 aromatic carbocycles. The van der Waals surface area contributed by atoms with Gasteiger partial charge in [0.15, 0.2) is 0 Å². The minimum absolute atomic E-state index is 0.0181. The summed E-state index contributed by atoms with van der Waals surface area (Å²) in [6.07, 6.45) is 2.52. The molecule has 2 aliphatic heterocycles. The highest BCUT2D eigenvalue weighted by molar-refractivity contribution is 6.02. The predicted molar refractivity (Wildman–Crippen MR) is 98.4 cm³/mol. The standard InChI is InChI=1S/C20H19N3O3/c24-18(25)13-21-23-17-9-5-4-8-16(17)20(26)22-11-10-15(19(22)23)12-14-6-2-1-3-7-14/h1-9,12,19,21H,10-11,13H2,(H,24,25). The van der Waals surface area contributed by atoms with E-state index in [1.54, 1.807) is 11.0 Å². The summed E-state index contributed by atoms with van der Waals surface area (Å²) < 4.78 is 0. The maximum atomic E-state index is 12.9. The fourth-order valence-corrected chi connectivity index (χ4v) is 3.60. The van der Waals surface area contributed by atoms with E-state index in [0.717, 1.165) is 17.6 Å². The smallest absolute Gasteiger partial charge is 0.319 e. The van der Waals surface area contributed by atoms with Gasteiger partial charge in [0.05, 0.1) is 11.3 Å². The first-order valence-electron chi connectivity index (χ1n) is 8.55. The minimum Gasteiger partial charge on any atom is -0.480 e. The topological polar surface area (TPSA) is 72.9 Å². The van der Waals surface area contributed by atoms with Gasteiger partial charge >= 0.3 is 5.97 Å². The van der Waals surface area contributed by atoms with Gasteiger partial charge in [-0.2, -0.15) is 0 Å². The highest BCUT2D eigenvalue weighted by atomic mass is 16.4. The molecule has 6 nitrogen and oxygen atoms in total. The number of aliphatic carboxylic acids is 1. The number of amides is 1. The van der Waals surface area contributed by atoms with E-state index in [1.165, 1.54) is 0 Å². The molecule has 2 aromatic rings. The van der Waals surface area contributed by atoms with Crippen molar-refractivity contribution in [1.29, 1.82) is 0 Å². The van der Waals surface area contributed by atoms with Crippen molar-refractivity contribution in [2.75, 3.05) is 18.1 Å². The summed E-state index contributed by atoms with van der Waals surface area (Å²) in [6, 6.07) is 17.2. The van der Waals surface area contributed by atoms with Crippen LogP contribution in [0.15, 0.2) is 60.2 Å². The molecule has 132 valence electrons. The maximum absolute atomic E-state index is 12.9. The van der Waals surface area contributed by atoms with Gasteiger partial charge in [-0.15, -0.1) is 0 Å². The molecule has 2 heterocycles. The molecule has 26 heavy (non-hydrogen) atoms. The van der Waals surface area contributed by atoms with Crippen molar-refractivity contribution >= 4 is 23.6 Å². The number of fused-ring (bicyclic) bond motifs is 2. The van der Waals surface area contributed by atoms with E-state index in [0.29, 0.717) is 17.8 Å². The van der Waals surface area contributed by atoms with E-state index in [1.807, 2.05) is 53.5 Å². The maximum Gasteiger partial charge on any atom is 0.319 e. The minimum atomic E-state index is -0.947. The molecule has 1 saturated heterocycles. The lowest BCUT2D eigenvalue weighted by molar-refractivity contribution is -0.136. The summed E-state index contributed by atoms with van der Waals surface area (Å²) in [4.78, 5) is 25.8. The van der Waals surface area contributed by atoms with E-state index in [-0.39, 0.29) is 18.6 Å². The number of hydrogen-bond acceptors (Lipinski definition) is 4. The zero-order valence-corrected chi connectivity index (χ0v) is 14.1. The van der Waals surface area contributed by atoms with Gasteiger partial charge in [0.2, 0.25) is 0 Å². The van der Waals surface area contributed by atoms with Gasteiger partial charge in [0, 0.05) is 6.54 Å². The number of carboxylic acids is 1. The van der Waals surface area contributed by atoms with Crippen LogP contribution in [0.25, 0.3) is 6.08 Å². The number of carbonyl (C=O) groups is 2. The number of carboxylic acid groups (broad SMARTS) is 1. The average Bonchev–Trinajstić information content (AvgIpc) is 3.06. The zero-order valence-electron chi connectivity index (χ0n) is 14.1. The quantitative estimate of drug-likeness (QED) is 0.886. The predicted octanol–water partition coefficient (Wildman–Crippen LogP) is 2.35. The molecule has 2 N–H and O–H groups in total. The first-order valence-corrected chi connectivity index (χ1v) is 8.55. The van der Waals surface area contributed by atoms with Crippen molar-refractivity contribution in [2.45, 2.75) is 12.6 Å². The summed E-state index contributed by atoms with van der Waals surface area (Å²) in [6.45, 7) is 0.396. The van der Waals surface area contributed by atoms with Crippen LogP contribution in [0.5, 0.6) is 0 Å². The molecule has 0 aliphatic carbocycles. The summed E-state index contributed by atoms with van der Waals surface area (Å²) in [7, 11) is 0. The second-order valence-corrected chi connectivity index (χ2v) is 6.37. The number of rotatable bonds is 4. The molecule has 0 aromatic heterocycles. The van der Waals surface area contributed by atoms with E-state index in [9.17, 15) is 9.59 Å². The Morgan fingerprint density at radius 3 is 2.65 bits per heavy atom. The molecule has 1 unspecified atom stereocenters. The van der Waals surface area contributed by atoms with Gasteiger partial charge in [-0.25, -0.2) is 5.43 Å². The molecule has 6 heteroatoms. The lowest BCUT2D eigenvalue weighted by atomic mass is 10.0. The summed E-state index contributed by atoms with van der Waals surface area (Å²) >= 11 is 0. The van der Waals surface area contributed by atoms with Crippen LogP contribution in [0.2, 0.25) is 0 Å². The van der Waals surface area contributed by atoms with Crippen molar-refractivity contribution < 1.29 is 14.7 Å². The van der Waals surface area contributed by atoms with Crippen LogP contribution in [0.4, 0.5) is 5.69 Å². The van der Waals surface area contributed by atoms with Crippen molar-refractivity contribution in [3.63, 3.8) is 0 Å². The number of nitrogens with zero attached hydrogens (tertiary/aromatic N) is 2. The second kappa shape index (κ2) is 6.65. The van der Waals surface area contributed by atoms with Crippen molar-refractivity contribution in [3.05, 3.63) is 71.3 Å². The van der Waals surface area contributed by atoms with Crippen LogP contribution in [-0.4, -0.2) is 41.1 Å². The summed E-state index contributed by atoms with van der Waals surface area (Å²) in [5, 5.41) is 10.9. The molecule has 0 spiro atoms. The molecule has 0 saturated carbocycles. The summed E-state index contributed by atoms with van der Waals surface area (Å²) in [5.41, 5.74) is 6.42. The van der Waals surface area contributed by atoms with Crippen molar-refractivity contribution in [2.24, 2.45) is 0 Å². The largest absolute Gasteiger partial charge is 0.480 e. The third kappa shape index (κ3) is 2.84. The third-order valence-corrected chi connectivity index (χ3v) is 4.72. The Balaban J connectivity index is 1.77. The van der Waals surface area contributed by atoms with Crippen LogP contribution in [0.1, 0.15) is 22.3 Å². The number of anilines is 1. The Kier molecular flexibility index (Phi) is 4.18. The molecule has 0 bridgehead atoms. The highest BCUT2D eigenvalue weighted by Gasteiger charge is 2.43. The Morgan fingerprint density at radius 1 is 1.15 bits per heavy atom. The molecular weight excluding hydrogens is 330 g/mol. The first-order chi connectivity index (χ1) is 12.6. The van der Waals surface area contributed by atoms with E-state index in [4.69, 9.17) is 5.11 Å². The van der Waals surface area contributed by atoms with Gasteiger partial charge in [-0.05, 0) is 29.7 Å². The van der Waals surface area contributed by atoms with Gasteiger partial charge in [0.1, 0.15) is 12.7 Å². The molecule has 1 atom stereocenters. The van der Waals surface area contributed by atoms with Crippen LogP contribution < -0.4 is 10.4 Å². The summed E-state index contributed by atoms with van der Waals surface area (Å²) in [5.74, 6) is -0.965. The third-order valence-electron chi connectivity index (χ3n) is 4.72.